The van der Waals surface area contributed by atoms with Crippen molar-refractivity contribution in [1.29, 1.82) is 0 Å². The second kappa shape index (κ2) is 9.91. The average Bonchev–Trinajstić information content (AvgIpc) is 2.62. The summed E-state index contributed by atoms with van der Waals surface area (Å²) in [6, 6.07) is 7.52. The van der Waals surface area contributed by atoms with Crippen molar-refractivity contribution in [3.8, 4) is 11.5 Å². The molecule has 1 heterocycles. The van der Waals surface area contributed by atoms with Gasteiger partial charge < -0.3 is 19.7 Å². The third-order valence-electron chi connectivity index (χ3n) is 4.19. The fraction of sp³-hybridized carbons (Fsp3) is 0.579. The molecule has 6 nitrogen and oxygen atoms in total. The van der Waals surface area contributed by atoms with Gasteiger partial charge in [0, 0.05) is 25.6 Å². The van der Waals surface area contributed by atoms with Gasteiger partial charge in [-0.3, -0.25) is 9.59 Å². The van der Waals surface area contributed by atoms with Crippen molar-refractivity contribution in [3.63, 3.8) is 0 Å². The Morgan fingerprint density at radius 3 is 2.36 bits per heavy atom. The summed E-state index contributed by atoms with van der Waals surface area (Å²) < 4.78 is 11.1. The molecule has 6 heteroatoms. The predicted molar refractivity (Wildman–Crippen MR) is 95.8 cm³/mol. The molecule has 1 saturated heterocycles. The SMILES string of the molecule is CCCC(=O)NC1CCN(C(=O)COc2ccccc2OCC)CC1. The van der Waals surface area contributed by atoms with Crippen molar-refractivity contribution in [2.24, 2.45) is 0 Å². The number of likely N-dealkylation sites (tertiary alicyclic amines) is 1. The lowest BCUT2D eigenvalue weighted by molar-refractivity contribution is -0.134. The molecule has 0 unspecified atom stereocenters. The van der Waals surface area contributed by atoms with Crippen LogP contribution >= 0.6 is 0 Å². The van der Waals surface area contributed by atoms with E-state index in [1.54, 1.807) is 11.0 Å². The first-order valence-corrected chi connectivity index (χ1v) is 9.05. The van der Waals surface area contributed by atoms with Crippen molar-refractivity contribution in [1.82, 2.24) is 10.2 Å². The van der Waals surface area contributed by atoms with Gasteiger partial charge in [0.25, 0.3) is 5.91 Å². The first-order valence-electron chi connectivity index (χ1n) is 9.05. The smallest absolute Gasteiger partial charge is 0.260 e. The van der Waals surface area contributed by atoms with Crippen molar-refractivity contribution in [2.45, 2.75) is 45.6 Å². The van der Waals surface area contributed by atoms with Gasteiger partial charge in [0.1, 0.15) is 0 Å². The number of hydrogen-bond acceptors (Lipinski definition) is 4. The van der Waals surface area contributed by atoms with E-state index >= 15 is 0 Å². The molecule has 0 radical (unpaired) electrons. The van der Waals surface area contributed by atoms with Crippen LogP contribution in [0.15, 0.2) is 24.3 Å². The highest BCUT2D eigenvalue weighted by molar-refractivity contribution is 5.78. The summed E-state index contributed by atoms with van der Waals surface area (Å²) in [6.07, 6.45) is 2.99. The van der Waals surface area contributed by atoms with Gasteiger partial charge in [-0.05, 0) is 38.3 Å². The number of piperidine rings is 1. The van der Waals surface area contributed by atoms with E-state index in [-0.39, 0.29) is 24.5 Å². The Morgan fingerprint density at radius 1 is 1.12 bits per heavy atom. The lowest BCUT2D eigenvalue weighted by Crippen LogP contribution is -2.47. The quantitative estimate of drug-likeness (QED) is 0.783. The minimum atomic E-state index is -0.0374. The normalized spacial score (nSPS) is 14.9. The van der Waals surface area contributed by atoms with Crippen molar-refractivity contribution >= 4 is 11.8 Å². The van der Waals surface area contributed by atoms with Crippen LogP contribution in [-0.4, -0.2) is 49.1 Å². The van der Waals surface area contributed by atoms with Crippen LogP contribution in [0.4, 0.5) is 0 Å². The molecule has 1 aromatic rings. The molecule has 1 aromatic carbocycles. The molecular weight excluding hydrogens is 320 g/mol. The summed E-state index contributed by atoms with van der Waals surface area (Å²) in [5.74, 6) is 1.29. The van der Waals surface area contributed by atoms with E-state index in [2.05, 4.69) is 5.32 Å². The fourth-order valence-electron chi connectivity index (χ4n) is 2.88. The number of benzene rings is 1. The summed E-state index contributed by atoms with van der Waals surface area (Å²) in [5.41, 5.74) is 0. The second-order valence-corrected chi connectivity index (χ2v) is 6.14. The lowest BCUT2D eigenvalue weighted by atomic mass is 10.0. The predicted octanol–water partition coefficient (Wildman–Crippen LogP) is 2.37. The Hall–Kier alpha value is -2.24. The molecule has 2 rings (SSSR count). The number of nitrogens with one attached hydrogen (secondary N) is 1. The van der Waals surface area contributed by atoms with Crippen molar-refractivity contribution in [2.75, 3.05) is 26.3 Å². The molecule has 0 spiro atoms. The summed E-state index contributed by atoms with van der Waals surface area (Å²) in [5, 5.41) is 3.03. The summed E-state index contributed by atoms with van der Waals surface area (Å²) in [7, 11) is 0. The Bertz CT molecular complexity index is 568. The van der Waals surface area contributed by atoms with Crippen LogP contribution in [0.3, 0.4) is 0 Å². The zero-order valence-electron chi connectivity index (χ0n) is 15.1. The van der Waals surface area contributed by atoms with E-state index in [1.165, 1.54) is 0 Å². The number of carbonyl (C=O) groups excluding carboxylic acids is 2. The summed E-state index contributed by atoms with van der Waals surface area (Å²) >= 11 is 0. The van der Waals surface area contributed by atoms with Crippen LogP contribution in [0, 0.1) is 0 Å². The number of rotatable bonds is 8. The Kier molecular flexibility index (Phi) is 7.57. The summed E-state index contributed by atoms with van der Waals surface area (Å²) in [4.78, 5) is 25.8. The van der Waals surface area contributed by atoms with E-state index in [1.807, 2.05) is 32.0 Å². The number of amides is 2. The lowest BCUT2D eigenvalue weighted by Gasteiger charge is -2.32. The molecule has 138 valence electrons. The first-order chi connectivity index (χ1) is 12.1. The largest absolute Gasteiger partial charge is 0.490 e. The zero-order valence-corrected chi connectivity index (χ0v) is 15.1. The fourth-order valence-corrected chi connectivity index (χ4v) is 2.88. The van der Waals surface area contributed by atoms with Gasteiger partial charge in [-0.1, -0.05) is 19.1 Å². The Labute approximate surface area is 149 Å². The third-order valence-corrected chi connectivity index (χ3v) is 4.19. The van der Waals surface area contributed by atoms with Crippen LogP contribution in [0.25, 0.3) is 0 Å². The molecule has 0 saturated carbocycles. The number of nitrogens with zero attached hydrogens (tertiary/aromatic N) is 1. The minimum absolute atomic E-state index is 0.00303. The monoisotopic (exact) mass is 348 g/mol. The number of para-hydroxylation sites is 2. The van der Waals surface area contributed by atoms with Gasteiger partial charge in [-0.15, -0.1) is 0 Å². The highest BCUT2D eigenvalue weighted by atomic mass is 16.5. The first kappa shape index (κ1) is 19.1. The third kappa shape index (κ3) is 5.96. The average molecular weight is 348 g/mol. The Morgan fingerprint density at radius 2 is 1.76 bits per heavy atom. The molecule has 0 bridgehead atoms. The van der Waals surface area contributed by atoms with Crippen LogP contribution in [0.2, 0.25) is 0 Å². The molecule has 2 amide bonds. The summed E-state index contributed by atoms with van der Waals surface area (Å²) in [6.45, 7) is 5.73. The van der Waals surface area contributed by atoms with Gasteiger partial charge >= 0.3 is 0 Å². The molecule has 25 heavy (non-hydrogen) atoms. The van der Waals surface area contributed by atoms with E-state index in [0.717, 1.165) is 19.3 Å². The van der Waals surface area contributed by atoms with E-state index in [9.17, 15) is 9.59 Å². The molecule has 1 aliphatic heterocycles. The highest BCUT2D eigenvalue weighted by Gasteiger charge is 2.24. The minimum Gasteiger partial charge on any atom is -0.490 e. The van der Waals surface area contributed by atoms with Gasteiger partial charge in [0.15, 0.2) is 18.1 Å². The van der Waals surface area contributed by atoms with Gasteiger partial charge in [-0.2, -0.15) is 0 Å². The highest BCUT2D eigenvalue weighted by Crippen LogP contribution is 2.26. The van der Waals surface area contributed by atoms with Gasteiger partial charge in [-0.25, -0.2) is 0 Å². The van der Waals surface area contributed by atoms with E-state index in [0.29, 0.717) is 37.6 Å². The number of hydrogen-bond donors (Lipinski definition) is 1. The molecule has 0 aromatic heterocycles. The van der Waals surface area contributed by atoms with E-state index < -0.39 is 0 Å². The maximum Gasteiger partial charge on any atom is 0.260 e. The molecule has 1 aliphatic rings. The number of ether oxygens (including phenoxy) is 2. The molecule has 0 atom stereocenters. The zero-order chi connectivity index (χ0) is 18.1. The maximum absolute atomic E-state index is 12.3. The number of carbonyl (C=O) groups is 2. The maximum atomic E-state index is 12.3. The van der Waals surface area contributed by atoms with Crippen molar-refractivity contribution < 1.29 is 19.1 Å². The Balaban J connectivity index is 1.77. The molecular formula is C19H28N2O4. The van der Waals surface area contributed by atoms with Gasteiger partial charge in [0.05, 0.1) is 6.61 Å². The van der Waals surface area contributed by atoms with E-state index in [4.69, 9.17) is 9.47 Å². The van der Waals surface area contributed by atoms with Crippen LogP contribution in [-0.2, 0) is 9.59 Å². The topological polar surface area (TPSA) is 67.9 Å². The second-order valence-electron chi connectivity index (χ2n) is 6.14. The molecule has 1 N–H and O–H groups in total. The molecule has 0 aliphatic carbocycles. The van der Waals surface area contributed by atoms with Crippen LogP contribution in [0.1, 0.15) is 39.5 Å². The van der Waals surface area contributed by atoms with Crippen LogP contribution < -0.4 is 14.8 Å². The van der Waals surface area contributed by atoms with Crippen LogP contribution in [0.5, 0.6) is 11.5 Å². The molecule has 1 fully saturated rings. The van der Waals surface area contributed by atoms with Gasteiger partial charge in [0.2, 0.25) is 5.91 Å². The standard InChI is InChI=1S/C19H28N2O4/c1-3-7-18(22)20-15-10-12-21(13-11-15)19(23)14-25-17-9-6-5-8-16(17)24-4-2/h5-6,8-9,15H,3-4,7,10-14H2,1-2H3,(H,20,22). The van der Waals surface area contributed by atoms with Crippen molar-refractivity contribution in [3.05, 3.63) is 24.3 Å².